The van der Waals surface area contributed by atoms with Gasteiger partial charge in [-0.2, -0.15) is 0 Å². The molecular weight excluding hydrogens is 270 g/mol. The molecule has 0 spiro atoms. The highest BCUT2D eigenvalue weighted by Crippen LogP contribution is 2.29. The van der Waals surface area contributed by atoms with Crippen LogP contribution in [0.4, 0.5) is 0 Å². The van der Waals surface area contributed by atoms with Crippen LogP contribution in [0.15, 0.2) is 61.1 Å². The minimum absolute atomic E-state index is 0.518. The highest BCUT2D eigenvalue weighted by molar-refractivity contribution is 6.33. The average molecular weight is 284 g/mol. The van der Waals surface area contributed by atoms with Crippen molar-refractivity contribution in [2.75, 3.05) is 0 Å². The smallest absolute Gasteiger partial charge is 0.0997 e. The Morgan fingerprint density at radius 3 is 2.75 bits per heavy atom. The Kier molecular flexibility index (Phi) is 3.54. The van der Waals surface area contributed by atoms with Gasteiger partial charge in [0.25, 0.3) is 0 Å². The molecule has 100 valence electrons. The Morgan fingerprint density at radius 2 is 1.95 bits per heavy atom. The molecule has 3 nitrogen and oxygen atoms in total. The summed E-state index contributed by atoms with van der Waals surface area (Å²) in [5, 5.41) is 0.712. The van der Waals surface area contributed by atoms with Gasteiger partial charge in [-0.25, -0.2) is 4.98 Å². The zero-order valence-electron chi connectivity index (χ0n) is 10.8. The molecule has 0 atom stereocenters. The van der Waals surface area contributed by atoms with E-state index in [1.807, 2.05) is 53.2 Å². The zero-order valence-corrected chi connectivity index (χ0v) is 11.6. The SMILES string of the molecule is NCc1cccc(-n2cncc2-c2ccccc2Cl)c1. The molecule has 0 saturated heterocycles. The summed E-state index contributed by atoms with van der Waals surface area (Å²) in [5.41, 5.74) is 9.74. The third-order valence-corrected chi connectivity index (χ3v) is 3.54. The van der Waals surface area contributed by atoms with Crippen LogP contribution in [-0.2, 0) is 6.54 Å². The fraction of sp³-hybridized carbons (Fsp3) is 0.0625. The molecule has 1 aromatic heterocycles. The minimum Gasteiger partial charge on any atom is -0.326 e. The average Bonchev–Trinajstić information content (AvgIpc) is 2.97. The van der Waals surface area contributed by atoms with Crippen LogP contribution in [0.5, 0.6) is 0 Å². The van der Waals surface area contributed by atoms with Gasteiger partial charge in [0, 0.05) is 22.8 Å². The van der Waals surface area contributed by atoms with Gasteiger partial charge in [-0.3, -0.25) is 4.57 Å². The molecule has 0 unspecified atom stereocenters. The van der Waals surface area contributed by atoms with Crippen molar-refractivity contribution in [1.82, 2.24) is 9.55 Å². The van der Waals surface area contributed by atoms with Gasteiger partial charge < -0.3 is 5.73 Å². The first kappa shape index (κ1) is 12.9. The number of hydrogen-bond acceptors (Lipinski definition) is 2. The maximum absolute atomic E-state index is 6.27. The van der Waals surface area contributed by atoms with Gasteiger partial charge in [-0.15, -0.1) is 0 Å². The van der Waals surface area contributed by atoms with Crippen molar-refractivity contribution in [3.8, 4) is 16.9 Å². The van der Waals surface area contributed by atoms with Crippen LogP contribution in [0.2, 0.25) is 5.02 Å². The molecular formula is C16H14ClN3. The molecule has 4 heteroatoms. The van der Waals surface area contributed by atoms with Gasteiger partial charge in [0.05, 0.1) is 18.2 Å². The van der Waals surface area contributed by atoms with Gasteiger partial charge in [0.2, 0.25) is 0 Å². The number of nitrogens with zero attached hydrogens (tertiary/aromatic N) is 2. The molecule has 1 heterocycles. The van der Waals surface area contributed by atoms with E-state index in [-0.39, 0.29) is 0 Å². The van der Waals surface area contributed by atoms with Crippen molar-refractivity contribution in [2.24, 2.45) is 5.73 Å². The first-order valence-electron chi connectivity index (χ1n) is 6.36. The van der Waals surface area contributed by atoms with E-state index < -0.39 is 0 Å². The van der Waals surface area contributed by atoms with Gasteiger partial charge in [-0.1, -0.05) is 41.9 Å². The molecule has 0 radical (unpaired) electrons. The van der Waals surface area contributed by atoms with E-state index in [2.05, 4.69) is 11.1 Å². The van der Waals surface area contributed by atoms with Crippen LogP contribution in [-0.4, -0.2) is 9.55 Å². The molecule has 3 rings (SSSR count). The molecule has 0 fully saturated rings. The second kappa shape index (κ2) is 5.49. The Balaban J connectivity index is 2.13. The van der Waals surface area contributed by atoms with E-state index in [0.717, 1.165) is 22.5 Å². The van der Waals surface area contributed by atoms with Crippen molar-refractivity contribution in [3.63, 3.8) is 0 Å². The molecule has 0 saturated carbocycles. The zero-order chi connectivity index (χ0) is 13.9. The largest absolute Gasteiger partial charge is 0.326 e. The molecule has 0 aliphatic carbocycles. The predicted octanol–water partition coefficient (Wildman–Crippen LogP) is 3.65. The van der Waals surface area contributed by atoms with Gasteiger partial charge in [0.1, 0.15) is 0 Å². The van der Waals surface area contributed by atoms with E-state index in [4.69, 9.17) is 17.3 Å². The Labute approximate surface area is 122 Å². The lowest BCUT2D eigenvalue weighted by Gasteiger charge is -2.10. The summed E-state index contributed by atoms with van der Waals surface area (Å²) >= 11 is 6.27. The summed E-state index contributed by atoms with van der Waals surface area (Å²) in [6.45, 7) is 0.518. The number of rotatable bonds is 3. The third-order valence-electron chi connectivity index (χ3n) is 3.21. The topological polar surface area (TPSA) is 43.8 Å². The highest BCUT2D eigenvalue weighted by Gasteiger charge is 2.10. The number of halogens is 1. The van der Waals surface area contributed by atoms with Crippen molar-refractivity contribution in [1.29, 1.82) is 0 Å². The molecule has 20 heavy (non-hydrogen) atoms. The van der Waals surface area contributed by atoms with Crippen LogP contribution in [0.3, 0.4) is 0 Å². The molecule has 0 amide bonds. The lowest BCUT2D eigenvalue weighted by molar-refractivity contribution is 1.03. The summed E-state index contributed by atoms with van der Waals surface area (Å²) < 4.78 is 2.01. The van der Waals surface area contributed by atoms with Crippen molar-refractivity contribution in [3.05, 3.63) is 71.6 Å². The lowest BCUT2D eigenvalue weighted by Crippen LogP contribution is -2.00. The number of hydrogen-bond donors (Lipinski definition) is 1. The van der Waals surface area contributed by atoms with Gasteiger partial charge in [0.15, 0.2) is 0 Å². The van der Waals surface area contributed by atoms with Gasteiger partial charge >= 0.3 is 0 Å². The molecule has 0 aliphatic rings. The number of nitrogens with two attached hydrogens (primary N) is 1. The Morgan fingerprint density at radius 1 is 1.10 bits per heavy atom. The maximum Gasteiger partial charge on any atom is 0.0997 e. The van der Waals surface area contributed by atoms with Crippen molar-refractivity contribution in [2.45, 2.75) is 6.54 Å². The molecule has 2 N–H and O–H groups in total. The third kappa shape index (κ3) is 2.33. The van der Waals surface area contributed by atoms with Crippen molar-refractivity contribution < 1.29 is 0 Å². The number of benzene rings is 2. The summed E-state index contributed by atoms with van der Waals surface area (Å²) in [6, 6.07) is 15.8. The summed E-state index contributed by atoms with van der Waals surface area (Å²) in [5.74, 6) is 0. The number of aromatic nitrogens is 2. The summed E-state index contributed by atoms with van der Waals surface area (Å²) in [4.78, 5) is 4.24. The Bertz CT molecular complexity index is 734. The maximum atomic E-state index is 6.27. The van der Waals surface area contributed by atoms with Crippen LogP contribution >= 0.6 is 11.6 Å². The lowest BCUT2D eigenvalue weighted by atomic mass is 10.1. The molecule has 2 aromatic carbocycles. The Hall–Kier alpha value is -2.10. The molecule has 3 aromatic rings. The second-order valence-electron chi connectivity index (χ2n) is 4.50. The van der Waals surface area contributed by atoms with Crippen LogP contribution in [0.25, 0.3) is 16.9 Å². The normalized spacial score (nSPS) is 10.7. The standard InChI is InChI=1S/C16H14ClN3/c17-15-7-2-1-6-14(15)16-10-19-11-20(16)13-5-3-4-12(8-13)9-18/h1-8,10-11H,9,18H2. The van der Waals surface area contributed by atoms with E-state index >= 15 is 0 Å². The van der Waals surface area contributed by atoms with Gasteiger partial charge in [-0.05, 0) is 23.8 Å². The van der Waals surface area contributed by atoms with Crippen LogP contribution < -0.4 is 5.73 Å². The fourth-order valence-electron chi connectivity index (χ4n) is 2.20. The molecule has 0 aliphatic heterocycles. The first-order valence-corrected chi connectivity index (χ1v) is 6.74. The van der Waals surface area contributed by atoms with Crippen molar-refractivity contribution >= 4 is 11.6 Å². The first-order chi connectivity index (χ1) is 9.79. The van der Waals surface area contributed by atoms with E-state index in [9.17, 15) is 0 Å². The number of imidazole rings is 1. The highest BCUT2D eigenvalue weighted by atomic mass is 35.5. The molecule has 0 bridgehead atoms. The summed E-state index contributed by atoms with van der Waals surface area (Å²) in [7, 11) is 0. The predicted molar refractivity (Wildman–Crippen MR) is 81.9 cm³/mol. The van der Waals surface area contributed by atoms with E-state index in [1.165, 1.54) is 0 Å². The fourth-order valence-corrected chi connectivity index (χ4v) is 2.43. The summed E-state index contributed by atoms with van der Waals surface area (Å²) in [6.07, 6.45) is 3.60. The second-order valence-corrected chi connectivity index (χ2v) is 4.91. The minimum atomic E-state index is 0.518. The van der Waals surface area contributed by atoms with E-state index in [1.54, 1.807) is 6.33 Å². The van der Waals surface area contributed by atoms with Crippen LogP contribution in [0.1, 0.15) is 5.56 Å². The quantitative estimate of drug-likeness (QED) is 0.797. The van der Waals surface area contributed by atoms with Crippen LogP contribution in [0, 0.1) is 0 Å². The monoisotopic (exact) mass is 283 g/mol. The van der Waals surface area contributed by atoms with E-state index in [0.29, 0.717) is 11.6 Å².